The van der Waals surface area contributed by atoms with E-state index < -0.39 is 0 Å². The maximum Gasteiger partial charge on any atom is 0.227 e. The molecular weight excluding hydrogens is 353 g/mol. The lowest BCUT2D eigenvalue weighted by Gasteiger charge is -2.35. The smallest absolute Gasteiger partial charge is 0.227 e. The van der Waals surface area contributed by atoms with E-state index in [1.807, 2.05) is 48.2 Å². The van der Waals surface area contributed by atoms with Crippen LogP contribution >= 0.6 is 23.2 Å². The highest BCUT2D eigenvalue weighted by atomic mass is 35.5. The molecule has 0 saturated carbocycles. The molecule has 1 amide bonds. The quantitative estimate of drug-likeness (QED) is 0.539. The number of carbonyl (C=O) groups is 1. The van der Waals surface area contributed by atoms with Gasteiger partial charge in [-0.05, 0) is 47.0 Å². The second kappa shape index (κ2) is 6.36. The summed E-state index contributed by atoms with van der Waals surface area (Å²) in [7, 11) is 0. The molecule has 0 spiro atoms. The normalized spacial score (nSPS) is 17.0. The fourth-order valence-electron chi connectivity index (χ4n) is 3.84. The molecule has 0 saturated heterocycles. The van der Waals surface area contributed by atoms with Crippen LogP contribution in [-0.4, -0.2) is 12.5 Å². The molecule has 0 aliphatic carbocycles. The van der Waals surface area contributed by atoms with Crippen molar-refractivity contribution in [2.45, 2.75) is 19.3 Å². The van der Waals surface area contributed by atoms with Gasteiger partial charge < -0.3 is 4.90 Å². The number of nitrogens with zero attached hydrogens (tertiary/aromatic N) is 1. The number of amides is 1. The highest BCUT2D eigenvalue weighted by Crippen LogP contribution is 2.47. The van der Waals surface area contributed by atoms with Crippen molar-refractivity contribution < 1.29 is 4.79 Å². The van der Waals surface area contributed by atoms with Crippen molar-refractivity contribution in [1.82, 2.24) is 0 Å². The Kier molecular flexibility index (Phi) is 4.18. The first-order valence-corrected chi connectivity index (χ1v) is 9.13. The monoisotopic (exact) mass is 369 g/mol. The third kappa shape index (κ3) is 2.61. The average Bonchev–Trinajstić information content (AvgIpc) is 2.61. The molecule has 1 heterocycles. The van der Waals surface area contributed by atoms with Crippen LogP contribution in [0.1, 0.15) is 30.4 Å². The summed E-state index contributed by atoms with van der Waals surface area (Å²) in [6.45, 7) is 2.65. The molecule has 4 rings (SSSR count). The van der Waals surface area contributed by atoms with E-state index in [1.165, 1.54) is 0 Å². The third-order valence-electron chi connectivity index (χ3n) is 4.93. The van der Waals surface area contributed by atoms with Crippen molar-refractivity contribution in [3.63, 3.8) is 0 Å². The number of hydrogen-bond acceptors (Lipinski definition) is 1. The number of anilines is 1. The molecule has 3 aromatic carbocycles. The summed E-state index contributed by atoms with van der Waals surface area (Å²) < 4.78 is 0. The first-order chi connectivity index (χ1) is 12.1. The first-order valence-electron chi connectivity index (χ1n) is 8.37. The van der Waals surface area contributed by atoms with E-state index in [-0.39, 0.29) is 11.8 Å². The van der Waals surface area contributed by atoms with Crippen LogP contribution in [0.25, 0.3) is 10.8 Å². The van der Waals surface area contributed by atoms with Crippen LogP contribution in [0.4, 0.5) is 5.69 Å². The molecule has 3 aromatic rings. The SMILES string of the molecule is CCN1C(=O)CC(c2c(Cl)cccc2Cl)c2c1ccc1ccccc21. The maximum absolute atomic E-state index is 12.8. The van der Waals surface area contributed by atoms with Crippen molar-refractivity contribution in [3.8, 4) is 0 Å². The zero-order valence-corrected chi connectivity index (χ0v) is 15.3. The standard InChI is InChI=1S/C21H17Cl2NO/c1-2-24-18-11-10-13-6-3-4-7-14(13)20(18)15(12-19(24)25)21-16(22)8-5-9-17(21)23/h3-11,15H,2,12H2,1H3. The van der Waals surface area contributed by atoms with Crippen LogP contribution in [0.5, 0.6) is 0 Å². The average molecular weight is 370 g/mol. The van der Waals surface area contributed by atoms with Gasteiger partial charge in [0.1, 0.15) is 0 Å². The molecule has 0 fully saturated rings. The van der Waals surface area contributed by atoms with E-state index in [9.17, 15) is 4.79 Å². The van der Waals surface area contributed by atoms with Gasteiger partial charge in [0, 0.05) is 34.6 Å². The van der Waals surface area contributed by atoms with E-state index in [4.69, 9.17) is 23.2 Å². The van der Waals surface area contributed by atoms with Gasteiger partial charge in [-0.1, -0.05) is 59.6 Å². The van der Waals surface area contributed by atoms with Crippen molar-refractivity contribution in [2.24, 2.45) is 0 Å². The number of hydrogen-bond donors (Lipinski definition) is 0. The lowest BCUT2D eigenvalue weighted by atomic mass is 9.81. The fraction of sp³-hybridized carbons (Fsp3) is 0.190. The summed E-state index contributed by atoms with van der Waals surface area (Å²) >= 11 is 13.0. The lowest BCUT2D eigenvalue weighted by molar-refractivity contribution is -0.119. The number of halogens is 2. The van der Waals surface area contributed by atoms with Gasteiger partial charge in [-0.3, -0.25) is 4.79 Å². The van der Waals surface area contributed by atoms with Gasteiger partial charge in [-0.25, -0.2) is 0 Å². The van der Waals surface area contributed by atoms with E-state index in [0.29, 0.717) is 23.0 Å². The molecule has 1 atom stereocenters. The summed E-state index contributed by atoms with van der Waals surface area (Å²) in [5, 5.41) is 3.51. The Balaban J connectivity index is 2.06. The predicted octanol–water partition coefficient (Wildman–Crippen LogP) is 6.04. The molecule has 126 valence electrons. The minimum atomic E-state index is -0.141. The highest BCUT2D eigenvalue weighted by Gasteiger charge is 2.34. The lowest BCUT2D eigenvalue weighted by Crippen LogP contribution is -2.37. The molecule has 0 bridgehead atoms. The summed E-state index contributed by atoms with van der Waals surface area (Å²) in [5.41, 5.74) is 2.93. The second-order valence-corrected chi connectivity index (χ2v) is 7.06. The van der Waals surface area contributed by atoms with Gasteiger partial charge in [0.15, 0.2) is 0 Å². The van der Waals surface area contributed by atoms with Crippen LogP contribution < -0.4 is 4.90 Å². The molecule has 1 unspecified atom stereocenters. The molecule has 1 aliphatic heterocycles. The second-order valence-electron chi connectivity index (χ2n) is 6.25. The zero-order valence-electron chi connectivity index (χ0n) is 13.8. The summed E-state index contributed by atoms with van der Waals surface area (Å²) in [5.74, 6) is -0.0381. The van der Waals surface area contributed by atoms with Crippen LogP contribution in [0.3, 0.4) is 0 Å². The number of rotatable bonds is 2. The molecule has 0 aromatic heterocycles. The topological polar surface area (TPSA) is 20.3 Å². The van der Waals surface area contributed by atoms with Crippen molar-refractivity contribution in [1.29, 1.82) is 0 Å². The van der Waals surface area contributed by atoms with Gasteiger partial charge in [0.2, 0.25) is 5.91 Å². The summed E-state index contributed by atoms with van der Waals surface area (Å²) in [6, 6.07) is 17.9. The Morgan fingerprint density at radius 3 is 2.40 bits per heavy atom. The minimum Gasteiger partial charge on any atom is -0.312 e. The Morgan fingerprint density at radius 1 is 0.960 bits per heavy atom. The van der Waals surface area contributed by atoms with E-state index >= 15 is 0 Å². The third-order valence-corrected chi connectivity index (χ3v) is 5.59. The van der Waals surface area contributed by atoms with Crippen LogP contribution in [0.15, 0.2) is 54.6 Å². The van der Waals surface area contributed by atoms with Gasteiger partial charge in [-0.2, -0.15) is 0 Å². The zero-order chi connectivity index (χ0) is 17.6. The largest absolute Gasteiger partial charge is 0.312 e. The Bertz CT molecular complexity index is 963. The molecule has 25 heavy (non-hydrogen) atoms. The van der Waals surface area contributed by atoms with Gasteiger partial charge in [-0.15, -0.1) is 0 Å². The maximum atomic E-state index is 12.8. The van der Waals surface area contributed by atoms with Crippen LogP contribution in [0, 0.1) is 0 Å². The minimum absolute atomic E-state index is 0.103. The Labute approximate surface area is 157 Å². The molecule has 0 radical (unpaired) electrons. The van der Waals surface area contributed by atoms with Crippen molar-refractivity contribution >= 4 is 45.6 Å². The summed E-state index contributed by atoms with van der Waals surface area (Å²) in [4.78, 5) is 14.6. The van der Waals surface area contributed by atoms with E-state index in [0.717, 1.165) is 27.6 Å². The molecule has 4 heteroatoms. The van der Waals surface area contributed by atoms with Crippen molar-refractivity contribution in [2.75, 3.05) is 11.4 Å². The first kappa shape index (κ1) is 16.4. The van der Waals surface area contributed by atoms with E-state index in [1.54, 1.807) is 0 Å². The predicted molar refractivity (Wildman–Crippen MR) is 105 cm³/mol. The Morgan fingerprint density at radius 2 is 1.68 bits per heavy atom. The molecule has 0 N–H and O–H groups in total. The van der Waals surface area contributed by atoms with Crippen LogP contribution in [0.2, 0.25) is 10.0 Å². The number of fused-ring (bicyclic) bond motifs is 3. The van der Waals surface area contributed by atoms with E-state index in [2.05, 4.69) is 18.2 Å². The number of benzene rings is 3. The van der Waals surface area contributed by atoms with Gasteiger partial charge >= 0.3 is 0 Å². The summed E-state index contributed by atoms with van der Waals surface area (Å²) in [6.07, 6.45) is 0.373. The molecule has 1 aliphatic rings. The van der Waals surface area contributed by atoms with Crippen LogP contribution in [-0.2, 0) is 4.79 Å². The van der Waals surface area contributed by atoms with Gasteiger partial charge in [0.25, 0.3) is 0 Å². The number of carbonyl (C=O) groups excluding carboxylic acids is 1. The Hall–Kier alpha value is -2.03. The molecular formula is C21H17Cl2NO. The van der Waals surface area contributed by atoms with Crippen molar-refractivity contribution in [3.05, 3.63) is 75.8 Å². The highest BCUT2D eigenvalue weighted by molar-refractivity contribution is 6.36. The molecule has 2 nitrogen and oxygen atoms in total. The fourth-order valence-corrected chi connectivity index (χ4v) is 4.50. The van der Waals surface area contributed by atoms with Gasteiger partial charge in [0.05, 0.1) is 0 Å².